The van der Waals surface area contributed by atoms with Crippen LogP contribution in [0.1, 0.15) is 39.2 Å². The Balaban J connectivity index is 1.78. The second-order valence-corrected chi connectivity index (χ2v) is 8.76. The summed E-state index contributed by atoms with van der Waals surface area (Å²) < 4.78 is 7.07. The zero-order chi connectivity index (χ0) is 20.5. The highest BCUT2D eigenvalue weighted by atomic mass is 79.9. The molecule has 0 saturated heterocycles. The van der Waals surface area contributed by atoms with Crippen molar-refractivity contribution in [1.82, 2.24) is 10.2 Å². The van der Waals surface area contributed by atoms with Crippen molar-refractivity contribution in [2.24, 2.45) is 0 Å². The van der Waals surface area contributed by atoms with Gasteiger partial charge in [0.1, 0.15) is 5.76 Å². The molecule has 5 nitrogen and oxygen atoms in total. The van der Waals surface area contributed by atoms with Gasteiger partial charge in [0.25, 0.3) is 5.91 Å². The molecule has 1 aliphatic heterocycles. The lowest BCUT2D eigenvalue weighted by Gasteiger charge is -2.39. The van der Waals surface area contributed by atoms with E-state index < -0.39 is 12.0 Å². The molecule has 0 bridgehead atoms. The Bertz CT molecular complexity index is 1050. The largest absolute Gasteiger partial charge is 0.467 e. The van der Waals surface area contributed by atoms with Crippen LogP contribution in [0.5, 0.6) is 0 Å². The molecule has 2 heterocycles. The van der Waals surface area contributed by atoms with Gasteiger partial charge in [-0.2, -0.15) is 0 Å². The molecule has 148 valence electrons. The van der Waals surface area contributed by atoms with E-state index in [0.29, 0.717) is 11.3 Å². The molecule has 7 heteroatoms. The molecule has 29 heavy (non-hydrogen) atoms. The second-order valence-electron chi connectivity index (χ2n) is 6.93. The maximum Gasteiger partial charge on any atom is 0.254 e. The van der Waals surface area contributed by atoms with Crippen LogP contribution in [0, 0.1) is 0 Å². The molecule has 0 aliphatic carbocycles. The van der Waals surface area contributed by atoms with Crippen LogP contribution >= 0.6 is 31.9 Å². The average molecular weight is 518 g/mol. The standard InChI is InChI=1S/C22H18Br2N2O3/c1-26-20(13-9-14(23)11-15(24)10-13)19(17-6-2-3-7-18(17)22(26)28)21(27)25-12-16-5-4-8-29-16/h2-11,19-20H,12H2,1H3,(H,25,27). The normalized spacial score (nSPS) is 18.4. The Morgan fingerprint density at radius 1 is 1.10 bits per heavy atom. The van der Waals surface area contributed by atoms with Crippen molar-refractivity contribution in [3.63, 3.8) is 0 Å². The van der Waals surface area contributed by atoms with Crippen molar-refractivity contribution in [1.29, 1.82) is 0 Å². The predicted octanol–water partition coefficient (Wildman–Crippen LogP) is 5.03. The van der Waals surface area contributed by atoms with Crippen LogP contribution in [-0.2, 0) is 11.3 Å². The number of hydrogen-bond acceptors (Lipinski definition) is 3. The number of nitrogens with one attached hydrogen (secondary N) is 1. The number of carbonyl (C=O) groups excluding carboxylic acids is 2. The molecule has 3 aromatic rings. The topological polar surface area (TPSA) is 62.6 Å². The van der Waals surface area contributed by atoms with Crippen molar-refractivity contribution < 1.29 is 14.0 Å². The van der Waals surface area contributed by atoms with Gasteiger partial charge in [-0.25, -0.2) is 0 Å². The fourth-order valence-electron chi connectivity index (χ4n) is 3.82. The van der Waals surface area contributed by atoms with Gasteiger partial charge in [-0.3, -0.25) is 9.59 Å². The van der Waals surface area contributed by atoms with E-state index in [1.54, 1.807) is 30.3 Å². The fourth-order valence-corrected chi connectivity index (χ4v) is 5.15. The van der Waals surface area contributed by atoms with Gasteiger partial charge in [-0.15, -0.1) is 0 Å². The van der Waals surface area contributed by atoms with Gasteiger partial charge in [0, 0.05) is 21.6 Å². The zero-order valence-electron chi connectivity index (χ0n) is 15.6. The zero-order valence-corrected chi connectivity index (χ0v) is 18.7. The molecule has 0 radical (unpaired) electrons. The summed E-state index contributed by atoms with van der Waals surface area (Å²) in [6.45, 7) is 0.289. The third-order valence-corrected chi connectivity index (χ3v) is 6.02. The molecule has 2 amide bonds. The number of amides is 2. The molecule has 2 aromatic carbocycles. The number of nitrogens with zero attached hydrogens (tertiary/aromatic N) is 1. The molecule has 2 atom stereocenters. The average Bonchev–Trinajstić information content (AvgIpc) is 3.21. The molecule has 0 fully saturated rings. The third-order valence-electron chi connectivity index (χ3n) is 5.11. The summed E-state index contributed by atoms with van der Waals surface area (Å²) in [5, 5.41) is 2.97. The Labute approximate surface area is 185 Å². The number of fused-ring (bicyclic) bond motifs is 1. The maximum atomic E-state index is 13.3. The van der Waals surface area contributed by atoms with Crippen molar-refractivity contribution >= 4 is 43.7 Å². The molecular weight excluding hydrogens is 500 g/mol. The SMILES string of the molecule is CN1C(=O)c2ccccc2C(C(=O)NCc2ccco2)C1c1cc(Br)cc(Br)c1. The Morgan fingerprint density at radius 3 is 2.52 bits per heavy atom. The molecule has 2 unspecified atom stereocenters. The highest BCUT2D eigenvalue weighted by Gasteiger charge is 2.42. The van der Waals surface area contributed by atoms with Crippen LogP contribution in [0.3, 0.4) is 0 Å². The number of halogens is 2. The third kappa shape index (κ3) is 3.89. The lowest BCUT2D eigenvalue weighted by Crippen LogP contribution is -2.45. The van der Waals surface area contributed by atoms with Crippen LogP contribution < -0.4 is 5.32 Å². The Hall–Kier alpha value is -2.38. The quantitative estimate of drug-likeness (QED) is 0.527. The van der Waals surface area contributed by atoms with Gasteiger partial charge in [0.15, 0.2) is 0 Å². The van der Waals surface area contributed by atoms with Crippen molar-refractivity contribution in [2.45, 2.75) is 18.5 Å². The van der Waals surface area contributed by atoms with Crippen molar-refractivity contribution in [3.05, 3.63) is 92.3 Å². The van der Waals surface area contributed by atoms with E-state index in [1.807, 2.05) is 42.5 Å². The highest BCUT2D eigenvalue weighted by molar-refractivity contribution is 9.11. The summed E-state index contributed by atoms with van der Waals surface area (Å²) in [7, 11) is 1.74. The van der Waals surface area contributed by atoms with E-state index in [-0.39, 0.29) is 18.4 Å². The van der Waals surface area contributed by atoms with E-state index >= 15 is 0 Å². The number of carbonyl (C=O) groups is 2. The summed E-state index contributed by atoms with van der Waals surface area (Å²) in [4.78, 5) is 28.0. The van der Waals surface area contributed by atoms with E-state index in [4.69, 9.17) is 4.42 Å². The minimum Gasteiger partial charge on any atom is -0.467 e. The molecular formula is C22H18Br2N2O3. The van der Waals surface area contributed by atoms with E-state index in [1.165, 1.54) is 0 Å². The number of hydrogen-bond donors (Lipinski definition) is 1. The minimum absolute atomic E-state index is 0.100. The van der Waals surface area contributed by atoms with Gasteiger partial charge >= 0.3 is 0 Å². The first-order valence-electron chi connectivity index (χ1n) is 9.08. The first-order valence-corrected chi connectivity index (χ1v) is 10.7. The number of rotatable bonds is 4. The van der Waals surface area contributed by atoms with E-state index in [0.717, 1.165) is 20.1 Å². The first kappa shape index (κ1) is 19.9. The number of benzene rings is 2. The van der Waals surface area contributed by atoms with Gasteiger partial charge in [0.05, 0.1) is 24.8 Å². The van der Waals surface area contributed by atoms with Crippen molar-refractivity contribution in [2.75, 3.05) is 7.05 Å². The van der Waals surface area contributed by atoms with Crippen LogP contribution in [0.2, 0.25) is 0 Å². The molecule has 1 aromatic heterocycles. The lowest BCUT2D eigenvalue weighted by atomic mass is 9.79. The van der Waals surface area contributed by atoms with Gasteiger partial charge < -0.3 is 14.6 Å². The molecule has 1 aliphatic rings. The monoisotopic (exact) mass is 516 g/mol. The van der Waals surface area contributed by atoms with Gasteiger partial charge in [0.2, 0.25) is 5.91 Å². The first-order chi connectivity index (χ1) is 14.0. The summed E-state index contributed by atoms with van der Waals surface area (Å²) in [5.41, 5.74) is 2.15. The summed E-state index contributed by atoms with van der Waals surface area (Å²) in [5.74, 6) is -0.134. The number of furan rings is 1. The van der Waals surface area contributed by atoms with Crippen LogP contribution in [0.4, 0.5) is 0 Å². The predicted molar refractivity (Wildman–Crippen MR) is 116 cm³/mol. The van der Waals surface area contributed by atoms with Crippen LogP contribution in [0.25, 0.3) is 0 Å². The molecule has 0 spiro atoms. The number of likely N-dealkylation sites (N-methyl/N-ethyl adjacent to an activating group) is 1. The molecule has 0 saturated carbocycles. The van der Waals surface area contributed by atoms with Crippen LogP contribution in [-0.4, -0.2) is 23.8 Å². The Morgan fingerprint density at radius 2 is 1.83 bits per heavy atom. The lowest BCUT2D eigenvalue weighted by molar-refractivity contribution is -0.124. The smallest absolute Gasteiger partial charge is 0.254 e. The minimum atomic E-state index is -0.551. The summed E-state index contributed by atoms with van der Waals surface area (Å²) in [6.07, 6.45) is 1.58. The second kappa shape index (κ2) is 8.16. The summed E-state index contributed by atoms with van der Waals surface area (Å²) in [6, 6.07) is 16.3. The molecule has 4 rings (SSSR count). The Kier molecular flexibility index (Phi) is 5.61. The van der Waals surface area contributed by atoms with Crippen molar-refractivity contribution in [3.8, 4) is 0 Å². The van der Waals surface area contributed by atoms with E-state index in [2.05, 4.69) is 37.2 Å². The summed E-state index contributed by atoms with van der Waals surface area (Å²) >= 11 is 7.03. The molecule has 1 N–H and O–H groups in total. The van der Waals surface area contributed by atoms with Gasteiger partial charge in [-0.1, -0.05) is 50.1 Å². The maximum absolute atomic E-state index is 13.3. The highest BCUT2D eigenvalue weighted by Crippen LogP contribution is 2.43. The van der Waals surface area contributed by atoms with Crippen LogP contribution in [0.15, 0.2) is 74.2 Å². The fraction of sp³-hybridized carbons (Fsp3) is 0.182. The van der Waals surface area contributed by atoms with E-state index in [9.17, 15) is 9.59 Å². The van der Waals surface area contributed by atoms with Gasteiger partial charge in [-0.05, 0) is 47.5 Å².